The molecule has 0 heterocycles. The molecule has 0 aliphatic rings. The molecule has 1 aromatic rings. The van der Waals surface area contributed by atoms with Crippen molar-refractivity contribution >= 4 is 17.3 Å². The maximum Gasteiger partial charge on any atom is 0.274 e. The molecule has 0 saturated carbocycles. The van der Waals surface area contributed by atoms with Gasteiger partial charge in [0.05, 0.1) is 17.5 Å². The Morgan fingerprint density at radius 2 is 2.00 bits per heavy atom. The minimum atomic E-state index is -0.694. The Labute approximate surface area is 110 Å². The smallest absolute Gasteiger partial charge is 0.274 e. The second kappa shape index (κ2) is 6.12. The quantitative estimate of drug-likeness (QED) is 0.602. The van der Waals surface area contributed by atoms with Crippen LogP contribution in [-0.4, -0.2) is 42.9 Å². The second-order valence-corrected chi connectivity index (χ2v) is 4.23. The number of benzene rings is 1. The van der Waals surface area contributed by atoms with Crippen LogP contribution in [0.25, 0.3) is 0 Å². The van der Waals surface area contributed by atoms with E-state index in [1.165, 1.54) is 17.0 Å². The van der Waals surface area contributed by atoms with E-state index in [1.54, 1.807) is 25.9 Å². The number of likely N-dealkylation sites (N-methyl/N-ethyl adjacent to an activating group) is 2. The van der Waals surface area contributed by atoms with Crippen molar-refractivity contribution in [3.05, 3.63) is 34.1 Å². The molecule has 0 aromatic heterocycles. The van der Waals surface area contributed by atoms with E-state index in [-0.39, 0.29) is 18.1 Å². The van der Waals surface area contributed by atoms with Crippen molar-refractivity contribution < 1.29 is 14.1 Å². The summed E-state index contributed by atoms with van der Waals surface area (Å²) in [5, 5.41) is 10.7. The Morgan fingerprint density at radius 1 is 1.37 bits per heavy atom. The third kappa shape index (κ3) is 3.90. The number of nitro groups is 1. The average molecular weight is 269 g/mol. The third-order valence-electron chi connectivity index (χ3n) is 2.65. The summed E-state index contributed by atoms with van der Waals surface area (Å²) < 4.78 is 13.4. The fourth-order valence-corrected chi connectivity index (χ4v) is 1.54. The Morgan fingerprint density at radius 3 is 2.47 bits per heavy atom. The zero-order chi connectivity index (χ0) is 14.6. The van der Waals surface area contributed by atoms with Gasteiger partial charge in [-0.1, -0.05) is 0 Å². The first kappa shape index (κ1) is 14.9. The van der Waals surface area contributed by atoms with E-state index in [1.807, 2.05) is 0 Å². The van der Waals surface area contributed by atoms with Crippen molar-refractivity contribution in [2.24, 2.45) is 0 Å². The van der Waals surface area contributed by atoms with Crippen molar-refractivity contribution in [1.29, 1.82) is 0 Å². The van der Waals surface area contributed by atoms with Crippen LogP contribution in [0.4, 0.5) is 15.8 Å². The van der Waals surface area contributed by atoms with Crippen LogP contribution in [0.3, 0.4) is 0 Å². The van der Waals surface area contributed by atoms with Gasteiger partial charge in [-0.2, -0.15) is 0 Å². The Kier molecular flexibility index (Phi) is 4.80. The molecule has 0 atom stereocenters. The molecule has 0 spiro atoms. The highest BCUT2D eigenvalue weighted by Gasteiger charge is 2.16. The monoisotopic (exact) mass is 269 g/mol. The molecule has 0 bridgehead atoms. The van der Waals surface area contributed by atoms with Crippen molar-refractivity contribution in [3.8, 4) is 0 Å². The first-order valence-electron chi connectivity index (χ1n) is 5.75. The summed E-state index contributed by atoms with van der Waals surface area (Å²) in [6, 6.07) is 3.29. The summed E-state index contributed by atoms with van der Waals surface area (Å²) in [5.74, 6) is -0.853. The Hall–Kier alpha value is -2.18. The fraction of sp³-hybridized carbons (Fsp3) is 0.417. The van der Waals surface area contributed by atoms with Gasteiger partial charge in [-0.25, -0.2) is 4.39 Å². The van der Waals surface area contributed by atoms with E-state index in [0.29, 0.717) is 12.2 Å². The van der Waals surface area contributed by atoms with Crippen LogP contribution in [-0.2, 0) is 4.79 Å². The molecule has 0 unspecified atom stereocenters. The molecular formula is C12H16FN3O3. The lowest BCUT2D eigenvalue weighted by molar-refractivity contribution is -0.385. The van der Waals surface area contributed by atoms with Crippen LogP contribution in [0.5, 0.6) is 0 Å². The number of rotatable bonds is 5. The Balaban J connectivity index is 3.04. The highest BCUT2D eigenvalue weighted by Crippen LogP contribution is 2.23. The lowest BCUT2D eigenvalue weighted by Gasteiger charge is -2.24. The number of hydrogen-bond donors (Lipinski definition) is 0. The van der Waals surface area contributed by atoms with Gasteiger partial charge in [0, 0.05) is 32.4 Å². The number of anilines is 1. The van der Waals surface area contributed by atoms with Crippen molar-refractivity contribution in [1.82, 2.24) is 4.90 Å². The molecule has 0 fully saturated rings. The number of carbonyl (C=O) groups is 1. The summed E-state index contributed by atoms with van der Waals surface area (Å²) in [6.07, 6.45) is 0. The topological polar surface area (TPSA) is 66.7 Å². The van der Waals surface area contributed by atoms with Crippen molar-refractivity contribution in [3.63, 3.8) is 0 Å². The third-order valence-corrected chi connectivity index (χ3v) is 2.65. The van der Waals surface area contributed by atoms with Crippen LogP contribution in [0, 0.1) is 15.9 Å². The minimum Gasteiger partial charge on any atom is -0.362 e. The van der Waals surface area contributed by atoms with Gasteiger partial charge in [-0.05, 0) is 13.0 Å². The predicted molar refractivity (Wildman–Crippen MR) is 69.6 cm³/mol. The van der Waals surface area contributed by atoms with Gasteiger partial charge in [0.1, 0.15) is 5.82 Å². The summed E-state index contributed by atoms with van der Waals surface area (Å²) in [5.41, 5.74) is -0.00449. The van der Waals surface area contributed by atoms with Crippen LogP contribution in [0.1, 0.15) is 6.92 Å². The molecule has 0 aliphatic heterocycles. The number of halogens is 1. The summed E-state index contributed by atoms with van der Waals surface area (Å²) >= 11 is 0. The van der Waals surface area contributed by atoms with E-state index in [0.717, 1.165) is 6.07 Å². The molecule has 19 heavy (non-hydrogen) atoms. The minimum absolute atomic E-state index is 0.0457. The first-order valence-corrected chi connectivity index (χ1v) is 5.75. The van der Waals surface area contributed by atoms with E-state index >= 15 is 0 Å². The number of hydrogen-bond acceptors (Lipinski definition) is 4. The number of non-ortho nitro benzene ring substituents is 1. The molecule has 0 aliphatic carbocycles. The summed E-state index contributed by atoms with van der Waals surface area (Å²) in [4.78, 5) is 24.7. The molecule has 1 rings (SSSR count). The lowest BCUT2D eigenvalue weighted by Crippen LogP contribution is -2.36. The van der Waals surface area contributed by atoms with Gasteiger partial charge in [-0.3, -0.25) is 14.9 Å². The highest BCUT2D eigenvalue weighted by molar-refractivity contribution is 5.81. The van der Waals surface area contributed by atoms with Crippen LogP contribution in [0.2, 0.25) is 0 Å². The molecule has 0 radical (unpaired) electrons. The van der Waals surface area contributed by atoms with Gasteiger partial charge < -0.3 is 9.80 Å². The van der Waals surface area contributed by atoms with E-state index in [9.17, 15) is 19.3 Å². The highest BCUT2D eigenvalue weighted by atomic mass is 19.1. The van der Waals surface area contributed by atoms with Crippen LogP contribution in [0.15, 0.2) is 18.2 Å². The average Bonchev–Trinajstić information content (AvgIpc) is 2.34. The number of nitro benzene ring substituents is 1. The van der Waals surface area contributed by atoms with Crippen molar-refractivity contribution in [2.45, 2.75) is 6.92 Å². The molecule has 0 saturated heterocycles. The van der Waals surface area contributed by atoms with Gasteiger partial charge in [0.2, 0.25) is 5.91 Å². The number of amides is 1. The van der Waals surface area contributed by atoms with Crippen molar-refractivity contribution in [2.75, 3.05) is 32.1 Å². The van der Waals surface area contributed by atoms with E-state index < -0.39 is 10.7 Å². The fourth-order valence-electron chi connectivity index (χ4n) is 1.54. The maximum absolute atomic E-state index is 13.4. The predicted octanol–water partition coefficient (Wildman–Crippen LogP) is 1.65. The largest absolute Gasteiger partial charge is 0.362 e. The van der Waals surface area contributed by atoms with Gasteiger partial charge in [0.25, 0.3) is 5.69 Å². The van der Waals surface area contributed by atoms with E-state index in [4.69, 9.17) is 0 Å². The second-order valence-electron chi connectivity index (χ2n) is 4.23. The molecule has 104 valence electrons. The van der Waals surface area contributed by atoms with E-state index in [2.05, 4.69) is 0 Å². The van der Waals surface area contributed by atoms with Gasteiger partial charge >= 0.3 is 0 Å². The Bertz CT molecular complexity index is 491. The zero-order valence-corrected chi connectivity index (χ0v) is 11.1. The summed E-state index contributed by atoms with van der Waals surface area (Å²) in [7, 11) is 3.23. The molecule has 6 nitrogen and oxygen atoms in total. The number of nitrogens with zero attached hydrogens (tertiary/aromatic N) is 3. The van der Waals surface area contributed by atoms with Crippen LogP contribution >= 0.6 is 0 Å². The van der Waals surface area contributed by atoms with Gasteiger partial charge in [0.15, 0.2) is 0 Å². The molecular weight excluding hydrogens is 253 g/mol. The zero-order valence-electron chi connectivity index (χ0n) is 11.1. The molecule has 1 aromatic carbocycles. The summed E-state index contributed by atoms with van der Waals surface area (Å²) in [6.45, 7) is 2.28. The van der Waals surface area contributed by atoms with Gasteiger partial charge in [-0.15, -0.1) is 0 Å². The normalized spacial score (nSPS) is 10.1. The molecule has 1 amide bonds. The molecule has 7 heteroatoms. The first-order chi connectivity index (χ1) is 8.85. The number of carbonyl (C=O) groups excluding carboxylic acids is 1. The standard InChI is InChI=1S/C12H16FN3O3/c1-4-15(8-12(17)14(2)3)10-5-9(13)6-11(7-10)16(18)19/h5-7H,4,8H2,1-3H3. The SMILES string of the molecule is CCN(CC(=O)N(C)C)c1cc(F)cc([N+](=O)[O-])c1. The molecule has 0 N–H and O–H groups in total. The lowest BCUT2D eigenvalue weighted by atomic mass is 10.2. The maximum atomic E-state index is 13.4. The van der Waals surface area contributed by atoms with Crippen LogP contribution < -0.4 is 4.90 Å².